The molecule has 2 unspecified atom stereocenters. The van der Waals surface area contributed by atoms with Crippen LogP contribution >= 0.6 is 0 Å². The third-order valence-corrected chi connectivity index (χ3v) is 3.80. The van der Waals surface area contributed by atoms with E-state index in [1.807, 2.05) is 0 Å². The third kappa shape index (κ3) is 3.61. The van der Waals surface area contributed by atoms with Crippen molar-refractivity contribution < 1.29 is 0 Å². The highest BCUT2D eigenvalue weighted by atomic mass is 15.0. The molecule has 1 fully saturated rings. The molecule has 1 aliphatic rings. The Hall–Kier alpha value is -0.0400. The van der Waals surface area contributed by atoms with Gasteiger partial charge in [-0.25, -0.2) is 0 Å². The molecule has 0 spiro atoms. The van der Waals surface area contributed by atoms with Crippen LogP contribution in [0.3, 0.4) is 0 Å². The summed E-state index contributed by atoms with van der Waals surface area (Å²) in [6, 6.07) is 1.38. The van der Waals surface area contributed by atoms with E-state index >= 15 is 0 Å². The molecule has 0 heterocycles. The number of hydrogen-bond donors (Lipinski definition) is 1. The molecule has 14 heavy (non-hydrogen) atoms. The van der Waals surface area contributed by atoms with Crippen molar-refractivity contribution in [3.63, 3.8) is 0 Å². The fourth-order valence-electron chi connectivity index (χ4n) is 1.92. The molecule has 0 radical (unpaired) electrons. The van der Waals surface area contributed by atoms with E-state index in [1.165, 1.54) is 25.7 Å². The second-order valence-electron chi connectivity index (χ2n) is 5.91. The third-order valence-electron chi connectivity index (χ3n) is 3.80. The summed E-state index contributed by atoms with van der Waals surface area (Å²) in [4.78, 5) is 0. The first-order valence-electron chi connectivity index (χ1n) is 6.20. The van der Waals surface area contributed by atoms with E-state index in [4.69, 9.17) is 0 Å². The van der Waals surface area contributed by atoms with E-state index in [0.29, 0.717) is 17.5 Å². The van der Waals surface area contributed by atoms with Crippen molar-refractivity contribution in [2.24, 2.45) is 11.3 Å². The van der Waals surface area contributed by atoms with Gasteiger partial charge in [0.1, 0.15) is 0 Å². The van der Waals surface area contributed by atoms with Gasteiger partial charge in [0, 0.05) is 12.1 Å². The molecule has 0 aromatic heterocycles. The number of hydrogen-bond acceptors (Lipinski definition) is 1. The van der Waals surface area contributed by atoms with Gasteiger partial charge < -0.3 is 5.32 Å². The van der Waals surface area contributed by atoms with Crippen LogP contribution in [0.2, 0.25) is 0 Å². The Bertz CT molecular complexity index is 170. The van der Waals surface area contributed by atoms with E-state index in [2.05, 4.69) is 39.9 Å². The minimum absolute atomic E-state index is 0.617. The van der Waals surface area contributed by atoms with Gasteiger partial charge in [0.05, 0.1) is 0 Å². The molecule has 0 saturated heterocycles. The van der Waals surface area contributed by atoms with Crippen LogP contribution in [0.15, 0.2) is 0 Å². The second kappa shape index (κ2) is 4.65. The first kappa shape index (κ1) is 12.0. The smallest absolute Gasteiger partial charge is 0.00950 e. The minimum atomic E-state index is 0.617. The fraction of sp³-hybridized carbons (Fsp3) is 1.00. The average molecular weight is 197 g/mol. The highest BCUT2D eigenvalue weighted by molar-refractivity contribution is 4.97. The predicted molar refractivity (Wildman–Crippen MR) is 63.5 cm³/mol. The quantitative estimate of drug-likeness (QED) is 0.686. The maximum atomic E-state index is 3.74. The Morgan fingerprint density at radius 2 is 1.64 bits per heavy atom. The van der Waals surface area contributed by atoms with Crippen LogP contribution in [0.25, 0.3) is 0 Å². The maximum Gasteiger partial charge on any atom is 0.00950 e. The van der Waals surface area contributed by atoms with Crippen LogP contribution in [0, 0.1) is 11.3 Å². The lowest BCUT2D eigenvalue weighted by atomic mass is 9.98. The van der Waals surface area contributed by atoms with E-state index in [9.17, 15) is 0 Å². The predicted octanol–water partition coefficient (Wildman–Crippen LogP) is 3.59. The van der Waals surface area contributed by atoms with Crippen molar-refractivity contribution in [2.75, 3.05) is 0 Å². The van der Waals surface area contributed by atoms with Gasteiger partial charge in [-0.05, 0) is 50.9 Å². The monoisotopic (exact) mass is 197 g/mol. The van der Waals surface area contributed by atoms with Crippen LogP contribution in [-0.2, 0) is 0 Å². The molecule has 1 N–H and O–H groups in total. The zero-order valence-electron chi connectivity index (χ0n) is 10.6. The van der Waals surface area contributed by atoms with E-state index in [0.717, 1.165) is 5.92 Å². The summed E-state index contributed by atoms with van der Waals surface area (Å²) < 4.78 is 0. The van der Waals surface area contributed by atoms with Crippen LogP contribution in [0.5, 0.6) is 0 Å². The maximum absolute atomic E-state index is 3.74. The SMILES string of the molecule is CC(C)CCC(C)NC(C)C1(C)CC1. The van der Waals surface area contributed by atoms with Crippen molar-refractivity contribution in [3.8, 4) is 0 Å². The minimum Gasteiger partial charge on any atom is -0.311 e. The zero-order chi connectivity index (χ0) is 10.8. The summed E-state index contributed by atoms with van der Waals surface area (Å²) in [6.45, 7) is 11.7. The summed E-state index contributed by atoms with van der Waals surface area (Å²) in [5.74, 6) is 0.839. The molecule has 1 rings (SSSR count). The van der Waals surface area contributed by atoms with Gasteiger partial charge in [0.15, 0.2) is 0 Å². The number of rotatable bonds is 6. The zero-order valence-corrected chi connectivity index (χ0v) is 10.6. The van der Waals surface area contributed by atoms with Crippen molar-refractivity contribution in [1.82, 2.24) is 5.32 Å². The first-order valence-corrected chi connectivity index (χ1v) is 6.20. The van der Waals surface area contributed by atoms with Gasteiger partial charge >= 0.3 is 0 Å². The van der Waals surface area contributed by atoms with Gasteiger partial charge in [-0.2, -0.15) is 0 Å². The van der Waals surface area contributed by atoms with E-state index < -0.39 is 0 Å². The molecule has 0 amide bonds. The molecule has 0 aliphatic heterocycles. The second-order valence-corrected chi connectivity index (χ2v) is 5.91. The molecular formula is C13H27N. The summed E-state index contributed by atoms with van der Waals surface area (Å²) in [5.41, 5.74) is 0.617. The Morgan fingerprint density at radius 3 is 2.07 bits per heavy atom. The summed E-state index contributed by atoms with van der Waals surface area (Å²) in [5, 5.41) is 3.74. The summed E-state index contributed by atoms with van der Waals surface area (Å²) >= 11 is 0. The van der Waals surface area contributed by atoms with Crippen LogP contribution in [0.1, 0.15) is 60.3 Å². The molecule has 84 valence electrons. The van der Waals surface area contributed by atoms with Gasteiger partial charge in [-0.3, -0.25) is 0 Å². The highest BCUT2D eigenvalue weighted by Gasteiger charge is 2.42. The summed E-state index contributed by atoms with van der Waals surface area (Å²) in [7, 11) is 0. The van der Waals surface area contributed by atoms with Crippen molar-refractivity contribution in [3.05, 3.63) is 0 Å². The van der Waals surface area contributed by atoms with Gasteiger partial charge in [0.2, 0.25) is 0 Å². The van der Waals surface area contributed by atoms with Crippen molar-refractivity contribution in [1.29, 1.82) is 0 Å². The van der Waals surface area contributed by atoms with Gasteiger partial charge in [-0.15, -0.1) is 0 Å². The molecule has 1 heteroatoms. The molecule has 1 aliphatic carbocycles. The van der Waals surface area contributed by atoms with Crippen molar-refractivity contribution in [2.45, 2.75) is 72.4 Å². The average Bonchev–Trinajstić information content (AvgIpc) is 2.81. The van der Waals surface area contributed by atoms with E-state index in [1.54, 1.807) is 0 Å². The Labute approximate surface area is 89.7 Å². The highest BCUT2D eigenvalue weighted by Crippen LogP contribution is 2.48. The first-order chi connectivity index (χ1) is 6.44. The van der Waals surface area contributed by atoms with Crippen LogP contribution in [0.4, 0.5) is 0 Å². The summed E-state index contributed by atoms with van der Waals surface area (Å²) in [6.07, 6.45) is 5.49. The molecule has 0 aromatic carbocycles. The molecular weight excluding hydrogens is 170 g/mol. The molecule has 0 bridgehead atoms. The van der Waals surface area contributed by atoms with Crippen LogP contribution < -0.4 is 5.32 Å². The lowest BCUT2D eigenvalue weighted by Crippen LogP contribution is -2.39. The lowest BCUT2D eigenvalue weighted by molar-refractivity contribution is 0.328. The van der Waals surface area contributed by atoms with Crippen LogP contribution in [-0.4, -0.2) is 12.1 Å². The van der Waals surface area contributed by atoms with Gasteiger partial charge in [0.25, 0.3) is 0 Å². The molecule has 1 nitrogen and oxygen atoms in total. The molecule has 2 atom stereocenters. The van der Waals surface area contributed by atoms with Crippen molar-refractivity contribution >= 4 is 0 Å². The lowest BCUT2D eigenvalue weighted by Gasteiger charge is -2.25. The molecule has 1 saturated carbocycles. The fourth-order valence-corrected chi connectivity index (χ4v) is 1.92. The standard InChI is InChI=1S/C13H27N/c1-10(2)6-7-11(3)14-12(4)13(5)8-9-13/h10-12,14H,6-9H2,1-5H3. The Morgan fingerprint density at radius 1 is 1.07 bits per heavy atom. The molecule has 0 aromatic rings. The number of nitrogens with one attached hydrogen (secondary N) is 1. The largest absolute Gasteiger partial charge is 0.311 e. The van der Waals surface area contributed by atoms with E-state index in [-0.39, 0.29) is 0 Å². The Kier molecular flexibility index (Phi) is 4.00. The normalized spacial score (nSPS) is 23.6. The van der Waals surface area contributed by atoms with Gasteiger partial charge in [-0.1, -0.05) is 20.8 Å². The topological polar surface area (TPSA) is 12.0 Å². The Balaban J connectivity index is 2.16.